The number of nitro groups is 1. The number of sulfonamides is 1. The average Bonchev–Trinajstić information content (AvgIpc) is 3.09. The molecule has 10 heteroatoms. The van der Waals surface area contributed by atoms with Crippen LogP contribution in [-0.4, -0.2) is 76.5 Å². The molecule has 0 heterocycles. The highest BCUT2D eigenvalue weighted by Gasteiger charge is 2.36. The second-order valence-electron chi connectivity index (χ2n) is 7.82. The second kappa shape index (κ2) is 9.17. The number of likely N-dealkylation sites (N-methyl/N-ethyl adjacent to an activating group) is 2. The minimum Gasteiger partial charge on any atom is -0.378 e. The van der Waals surface area contributed by atoms with Crippen LogP contribution in [0.15, 0.2) is 23.1 Å². The van der Waals surface area contributed by atoms with E-state index < -0.39 is 14.9 Å². The van der Waals surface area contributed by atoms with Gasteiger partial charge in [-0.05, 0) is 53.2 Å². The first-order valence-electron chi connectivity index (χ1n) is 9.41. The molecule has 2 N–H and O–H groups in total. The van der Waals surface area contributed by atoms with Crippen LogP contribution in [-0.2, 0) is 10.0 Å². The van der Waals surface area contributed by atoms with Gasteiger partial charge in [-0.2, -0.15) is 0 Å². The average molecular weight is 414 g/mol. The van der Waals surface area contributed by atoms with Crippen LogP contribution in [0.2, 0.25) is 0 Å². The molecule has 0 saturated heterocycles. The lowest BCUT2D eigenvalue weighted by Gasteiger charge is -2.36. The third-order valence-electron chi connectivity index (χ3n) is 5.42. The molecule has 0 bridgehead atoms. The van der Waals surface area contributed by atoms with E-state index >= 15 is 0 Å². The number of nitrogens with zero attached hydrogens (tertiary/aromatic N) is 3. The fourth-order valence-corrected chi connectivity index (χ4v) is 4.58. The van der Waals surface area contributed by atoms with Crippen LogP contribution < -0.4 is 10.0 Å². The van der Waals surface area contributed by atoms with E-state index in [1.165, 1.54) is 12.1 Å². The maximum atomic E-state index is 12.4. The minimum atomic E-state index is -3.80. The molecule has 158 valence electrons. The molecule has 0 atom stereocenters. The summed E-state index contributed by atoms with van der Waals surface area (Å²) >= 11 is 0. The van der Waals surface area contributed by atoms with Crippen molar-refractivity contribution in [1.29, 1.82) is 0 Å². The van der Waals surface area contributed by atoms with E-state index in [9.17, 15) is 18.5 Å². The van der Waals surface area contributed by atoms with Crippen molar-refractivity contribution < 1.29 is 13.3 Å². The van der Waals surface area contributed by atoms with Crippen LogP contribution in [0.1, 0.15) is 25.7 Å². The van der Waals surface area contributed by atoms with Crippen LogP contribution in [0.3, 0.4) is 0 Å². The number of hydrogen-bond acceptors (Lipinski definition) is 7. The Labute approximate surface area is 167 Å². The van der Waals surface area contributed by atoms with E-state index in [1.807, 2.05) is 33.1 Å². The van der Waals surface area contributed by atoms with Crippen molar-refractivity contribution in [3.05, 3.63) is 28.3 Å². The van der Waals surface area contributed by atoms with Gasteiger partial charge in [0.25, 0.3) is 5.69 Å². The van der Waals surface area contributed by atoms with Gasteiger partial charge in [-0.1, -0.05) is 12.8 Å². The van der Waals surface area contributed by atoms with Crippen LogP contribution in [0, 0.1) is 10.1 Å². The molecule has 0 radical (unpaired) electrons. The summed E-state index contributed by atoms with van der Waals surface area (Å²) in [4.78, 5) is 14.9. The Morgan fingerprint density at radius 1 is 1.18 bits per heavy atom. The first kappa shape index (κ1) is 22.5. The fourth-order valence-electron chi connectivity index (χ4n) is 3.54. The predicted molar refractivity (Wildman–Crippen MR) is 110 cm³/mol. The monoisotopic (exact) mass is 413 g/mol. The molecule has 1 saturated carbocycles. The largest absolute Gasteiger partial charge is 0.378 e. The molecular weight excluding hydrogens is 382 g/mol. The van der Waals surface area contributed by atoms with Gasteiger partial charge >= 0.3 is 0 Å². The molecule has 28 heavy (non-hydrogen) atoms. The topological polar surface area (TPSA) is 108 Å². The summed E-state index contributed by atoms with van der Waals surface area (Å²) in [6.07, 6.45) is 4.33. The summed E-state index contributed by atoms with van der Waals surface area (Å²) in [5.41, 5.74) is 0.0690. The zero-order chi connectivity index (χ0) is 20.9. The molecule has 0 aromatic heterocycles. The maximum Gasteiger partial charge on any atom is 0.293 e. The normalized spacial score (nSPS) is 16.6. The van der Waals surface area contributed by atoms with Crippen LogP contribution in [0.4, 0.5) is 11.4 Å². The summed E-state index contributed by atoms with van der Waals surface area (Å²) in [5.74, 6) is 0. The molecule has 1 aliphatic carbocycles. The lowest BCUT2D eigenvalue weighted by molar-refractivity contribution is -0.384. The summed E-state index contributed by atoms with van der Waals surface area (Å²) in [5, 5.41) is 14.7. The number of nitrogens with one attached hydrogen (secondary N) is 2. The first-order valence-corrected chi connectivity index (χ1v) is 10.9. The molecule has 0 unspecified atom stereocenters. The quantitative estimate of drug-likeness (QED) is 0.444. The van der Waals surface area contributed by atoms with Gasteiger partial charge in [-0.15, -0.1) is 0 Å². The molecule has 1 aromatic carbocycles. The highest BCUT2D eigenvalue weighted by atomic mass is 32.2. The number of hydrogen-bond donors (Lipinski definition) is 2. The third-order valence-corrected chi connectivity index (χ3v) is 6.88. The highest BCUT2D eigenvalue weighted by molar-refractivity contribution is 7.89. The Balaban J connectivity index is 2.20. The Bertz CT molecular complexity index is 789. The second-order valence-corrected chi connectivity index (χ2v) is 9.58. The molecule has 1 aliphatic rings. The van der Waals surface area contributed by atoms with Gasteiger partial charge in [0.05, 0.1) is 9.82 Å². The number of rotatable bonds is 10. The molecule has 1 fully saturated rings. The summed E-state index contributed by atoms with van der Waals surface area (Å²) in [7, 11) is 3.92. The van der Waals surface area contributed by atoms with Crippen molar-refractivity contribution in [3.63, 3.8) is 0 Å². The zero-order valence-electron chi connectivity index (χ0n) is 17.1. The van der Waals surface area contributed by atoms with E-state index in [0.717, 1.165) is 31.7 Å². The number of anilines is 1. The first-order chi connectivity index (χ1) is 13.1. The van der Waals surface area contributed by atoms with E-state index in [2.05, 4.69) is 14.9 Å². The molecule has 9 nitrogen and oxygen atoms in total. The van der Waals surface area contributed by atoms with Gasteiger partial charge in [-0.25, -0.2) is 13.1 Å². The summed E-state index contributed by atoms with van der Waals surface area (Å²) < 4.78 is 27.3. The molecule has 0 aliphatic heterocycles. The molecule has 2 rings (SSSR count). The highest BCUT2D eigenvalue weighted by Crippen LogP contribution is 2.35. The molecular formula is C18H31N5O4S. The minimum absolute atomic E-state index is 0.0354. The van der Waals surface area contributed by atoms with Crippen LogP contribution in [0.25, 0.3) is 0 Å². The molecule has 0 amide bonds. The van der Waals surface area contributed by atoms with Crippen LogP contribution in [0.5, 0.6) is 0 Å². The van der Waals surface area contributed by atoms with Gasteiger partial charge < -0.3 is 15.1 Å². The SMILES string of the molecule is CN(C)CCNS(=O)(=O)c1ccc(NCC2(N(C)C)CCCC2)c([N+](=O)[O-])c1. The lowest BCUT2D eigenvalue weighted by Crippen LogP contribution is -2.47. The Hall–Kier alpha value is -1.75. The van der Waals surface area contributed by atoms with E-state index in [0.29, 0.717) is 18.8 Å². The van der Waals surface area contributed by atoms with Crippen LogP contribution >= 0.6 is 0 Å². The van der Waals surface area contributed by atoms with Crippen molar-refractivity contribution >= 4 is 21.4 Å². The molecule has 0 spiro atoms. The predicted octanol–water partition coefficient (Wildman–Crippen LogP) is 1.72. The van der Waals surface area contributed by atoms with Crippen molar-refractivity contribution in [1.82, 2.24) is 14.5 Å². The van der Waals surface area contributed by atoms with Crippen molar-refractivity contribution in [2.75, 3.05) is 53.1 Å². The Kier molecular flexibility index (Phi) is 7.38. The number of nitro benzene ring substituents is 1. The van der Waals surface area contributed by atoms with E-state index in [4.69, 9.17) is 0 Å². The van der Waals surface area contributed by atoms with Gasteiger partial charge in [0.15, 0.2) is 0 Å². The lowest BCUT2D eigenvalue weighted by atomic mass is 9.96. The smallest absolute Gasteiger partial charge is 0.293 e. The zero-order valence-corrected chi connectivity index (χ0v) is 17.9. The van der Waals surface area contributed by atoms with E-state index in [-0.39, 0.29) is 22.7 Å². The standard InChI is InChI=1S/C18H31N5O4S/c1-21(2)12-11-20-28(26,27)15-7-8-16(17(13-15)23(24)25)19-14-18(22(3)4)9-5-6-10-18/h7-8,13,19-20H,5-6,9-12,14H2,1-4H3. The van der Waals surface area contributed by atoms with E-state index in [1.54, 1.807) is 0 Å². The van der Waals surface area contributed by atoms with Crippen molar-refractivity contribution in [2.24, 2.45) is 0 Å². The number of benzene rings is 1. The van der Waals surface area contributed by atoms with Gasteiger partial charge in [0.1, 0.15) is 5.69 Å². The van der Waals surface area contributed by atoms with Gasteiger partial charge in [0.2, 0.25) is 10.0 Å². The summed E-state index contributed by atoms with van der Waals surface area (Å²) in [6, 6.07) is 4.01. The molecule has 1 aromatic rings. The maximum absolute atomic E-state index is 12.4. The Morgan fingerprint density at radius 3 is 2.36 bits per heavy atom. The van der Waals surface area contributed by atoms with Gasteiger partial charge in [0, 0.05) is 31.2 Å². The van der Waals surface area contributed by atoms with Crippen molar-refractivity contribution in [3.8, 4) is 0 Å². The van der Waals surface area contributed by atoms with Gasteiger partial charge in [-0.3, -0.25) is 10.1 Å². The Morgan fingerprint density at radius 2 is 1.82 bits per heavy atom. The van der Waals surface area contributed by atoms with Crippen molar-refractivity contribution in [2.45, 2.75) is 36.1 Å². The third kappa shape index (κ3) is 5.40. The summed E-state index contributed by atoms with van der Waals surface area (Å²) in [6.45, 7) is 1.34. The fraction of sp³-hybridized carbons (Fsp3) is 0.667.